The Labute approximate surface area is 413 Å². The van der Waals surface area contributed by atoms with E-state index in [0.29, 0.717) is 0 Å². The summed E-state index contributed by atoms with van der Waals surface area (Å²) in [6, 6.07) is 100.0. The molecule has 1 aromatic heterocycles. The largest absolute Gasteiger partial charge is 0.456 e. The maximum absolute atomic E-state index is 6.51. The number of hydrogen-bond donors (Lipinski definition) is 0. The van der Waals surface area contributed by atoms with Crippen molar-refractivity contribution in [2.45, 2.75) is 5.41 Å². The van der Waals surface area contributed by atoms with Crippen LogP contribution in [0, 0.1) is 0 Å². The number of nitrogens with zero attached hydrogens (tertiary/aromatic N) is 1. The quantitative estimate of drug-likeness (QED) is 0.151. The zero-order valence-corrected chi connectivity index (χ0v) is 38.8. The van der Waals surface area contributed by atoms with E-state index < -0.39 is 5.41 Å². The molecule has 1 aliphatic carbocycles. The van der Waals surface area contributed by atoms with E-state index >= 15 is 0 Å². The maximum atomic E-state index is 6.51. The van der Waals surface area contributed by atoms with Crippen molar-refractivity contribution >= 4 is 60.5 Å². The van der Waals surface area contributed by atoms with Gasteiger partial charge in [0.15, 0.2) is 0 Å². The van der Waals surface area contributed by atoms with Gasteiger partial charge in [-0.1, -0.05) is 218 Å². The maximum Gasteiger partial charge on any atom is 0.136 e. The third-order valence-corrected chi connectivity index (χ3v) is 14.9. The number of furan rings is 1. The molecule has 13 aromatic rings. The van der Waals surface area contributed by atoms with Crippen LogP contribution < -0.4 is 4.90 Å². The zero-order valence-electron chi connectivity index (χ0n) is 38.8. The summed E-state index contributed by atoms with van der Waals surface area (Å²) in [4.78, 5) is 2.46. The number of hydrogen-bond acceptors (Lipinski definition) is 2. The van der Waals surface area contributed by atoms with Crippen LogP contribution in [-0.4, -0.2) is 0 Å². The molecule has 12 aromatic carbocycles. The molecule has 0 atom stereocenters. The van der Waals surface area contributed by atoms with Crippen LogP contribution in [0.2, 0.25) is 0 Å². The predicted octanol–water partition coefficient (Wildman–Crippen LogP) is 18.7. The van der Waals surface area contributed by atoms with Crippen LogP contribution in [0.25, 0.3) is 88.0 Å². The molecule has 0 unspecified atom stereocenters. The van der Waals surface area contributed by atoms with Crippen LogP contribution >= 0.6 is 0 Å². The summed E-state index contributed by atoms with van der Waals surface area (Å²) in [5.41, 5.74) is 19.0. The molecule has 14 rings (SSSR count). The average molecular weight is 904 g/mol. The topological polar surface area (TPSA) is 16.4 Å². The van der Waals surface area contributed by atoms with Crippen molar-refractivity contribution < 1.29 is 4.42 Å². The Balaban J connectivity index is 0.946. The van der Waals surface area contributed by atoms with Crippen molar-refractivity contribution in [2.75, 3.05) is 4.90 Å². The minimum absolute atomic E-state index is 0.546. The number of benzene rings is 12. The van der Waals surface area contributed by atoms with E-state index in [0.717, 1.165) is 55.7 Å². The summed E-state index contributed by atoms with van der Waals surface area (Å²) in [7, 11) is 0. The van der Waals surface area contributed by atoms with E-state index in [1.807, 2.05) is 0 Å². The van der Waals surface area contributed by atoms with Crippen LogP contribution in [0.5, 0.6) is 0 Å². The second-order valence-corrected chi connectivity index (χ2v) is 18.8. The molecule has 0 spiro atoms. The van der Waals surface area contributed by atoms with E-state index in [2.05, 4.69) is 278 Å². The van der Waals surface area contributed by atoms with Gasteiger partial charge in [0.2, 0.25) is 0 Å². The normalized spacial score (nSPS) is 12.6. The van der Waals surface area contributed by atoms with Gasteiger partial charge in [0.1, 0.15) is 11.2 Å². The Morgan fingerprint density at radius 2 is 0.817 bits per heavy atom. The molecule has 1 aliphatic rings. The molecule has 0 amide bonds. The number of fused-ring (bicyclic) bond motifs is 8. The molecule has 1 heterocycles. The second-order valence-electron chi connectivity index (χ2n) is 18.8. The van der Waals surface area contributed by atoms with Gasteiger partial charge in [-0.2, -0.15) is 0 Å². The first kappa shape index (κ1) is 40.8. The molecule has 332 valence electrons. The summed E-state index contributed by atoms with van der Waals surface area (Å²) in [6.45, 7) is 0. The lowest BCUT2D eigenvalue weighted by molar-refractivity contribution is 0.669. The summed E-state index contributed by atoms with van der Waals surface area (Å²) in [5.74, 6) is 0. The van der Waals surface area contributed by atoms with E-state index in [-0.39, 0.29) is 0 Å². The first-order valence-corrected chi connectivity index (χ1v) is 24.5. The lowest BCUT2D eigenvalue weighted by Gasteiger charge is -2.35. The van der Waals surface area contributed by atoms with E-state index in [1.165, 1.54) is 71.6 Å². The van der Waals surface area contributed by atoms with Gasteiger partial charge in [-0.15, -0.1) is 0 Å². The molecule has 0 bridgehead atoms. The molecule has 0 aliphatic heterocycles. The molecular formula is C69H45NO. The highest BCUT2D eigenvalue weighted by atomic mass is 16.3. The zero-order chi connectivity index (χ0) is 46.9. The fourth-order valence-corrected chi connectivity index (χ4v) is 11.7. The highest BCUT2D eigenvalue weighted by Gasteiger charge is 2.46. The predicted molar refractivity (Wildman–Crippen MR) is 297 cm³/mol. The second kappa shape index (κ2) is 16.5. The summed E-state index contributed by atoms with van der Waals surface area (Å²) >= 11 is 0. The summed E-state index contributed by atoms with van der Waals surface area (Å²) in [6.07, 6.45) is 0. The van der Waals surface area contributed by atoms with Crippen molar-refractivity contribution in [1.29, 1.82) is 0 Å². The fraction of sp³-hybridized carbons (Fsp3) is 0.0145. The summed E-state index contributed by atoms with van der Waals surface area (Å²) in [5, 5.41) is 7.10. The Hall–Kier alpha value is -9.24. The third-order valence-electron chi connectivity index (χ3n) is 14.9. The van der Waals surface area contributed by atoms with Gasteiger partial charge in [0.05, 0.1) is 11.1 Å². The number of rotatable bonds is 8. The summed E-state index contributed by atoms with van der Waals surface area (Å²) < 4.78 is 6.51. The minimum atomic E-state index is -0.546. The van der Waals surface area contributed by atoms with Crippen molar-refractivity contribution in [1.82, 2.24) is 0 Å². The van der Waals surface area contributed by atoms with Crippen molar-refractivity contribution in [3.8, 4) is 44.5 Å². The van der Waals surface area contributed by atoms with Crippen molar-refractivity contribution in [3.05, 3.63) is 295 Å². The van der Waals surface area contributed by atoms with Crippen LogP contribution in [0.3, 0.4) is 0 Å². The lowest BCUT2D eigenvalue weighted by Crippen LogP contribution is -2.28. The van der Waals surface area contributed by atoms with E-state index in [4.69, 9.17) is 4.42 Å². The Morgan fingerprint density at radius 3 is 1.58 bits per heavy atom. The molecule has 0 fully saturated rings. The monoisotopic (exact) mass is 903 g/mol. The van der Waals surface area contributed by atoms with Gasteiger partial charge in [0, 0.05) is 27.7 Å². The minimum Gasteiger partial charge on any atom is -0.456 e. The Bertz CT molecular complexity index is 4110. The highest BCUT2D eigenvalue weighted by molar-refractivity contribution is 6.11. The molecule has 0 saturated heterocycles. The molecule has 71 heavy (non-hydrogen) atoms. The molecule has 0 saturated carbocycles. The molecule has 2 nitrogen and oxygen atoms in total. The Morgan fingerprint density at radius 1 is 0.282 bits per heavy atom. The first-order chi connectivity index (χ1) is 35.2. The van der Waals surface area contributed by atoms with Crippen LogP contribution in [0.1, 0.15) is 22.3 Å². The van der Waals surface area contributed by atoms with Crippen LogP contribution in [0.4, 0.5) is 17.1 Å². The van der Waals surface area contributed by atoms with Crippen LogP contribution in [0.15, 0.2) is 277 Å². The standard InChI is InChI=1S/C69H45NO/c1-3-20-53(21-4-1)69(54-22-5-2-6-23-54)64-28-13-11-26-60(64)61-40-39-56(45-65(61)69)70(55-37-34-47(35-38-55)46-30-32-49(33-31-46)58-27-15-19-48-16-9-10-24-57(48)58)66-29-14-12-25-59(66)52-36-41-67-62(43-52)63-42-50-17-7-8-18-51(50)44-68(63)71-67/h1-45H. The molecule has 0 N–H and O–H groups in total. The average Bonchev–Trinajstić information content (AvgIpc) is 3.95. The Kier molecular flexibility index (Phi) is 9.47. The number of para-hydroxylation sites is 1. The number of anilines is 3. The smallest absolute Gasteiger partial charge is 0.136 e. The SMILES string of the molecule is c1ccc(C2(c3ccccc3)c3ccccc3-c3ccc(N(c4ccc(-c5ccc(-c6cccc7ccccc67)cc5)cc4)c4ccccc4-c4ccc5oc6cc7ccccc7cc6c5c4)cc32)cc1. The van der Waals surface area contributed by atoms with Gasteiger partial charge < -0.3 is 9.32 Å². The van der Waals surface area contributed by atoms with Crippen molar-refractivity contribution in [2.24, 2.45) is 0 Å². The fourth-order valence-electron chi connectivity index (χ4n) is 11.7. The molecule has 0 radical (unpaired) electrons. The first-order valence-electron chi connectivity index (χ1n) is 24.5. The van der Waals surface area contributed by atoms with Gasteiger partial charge in [-0.05, 0) is 137 Å². The van der Waals surface area contributed by atoms with Gasteiger partial charge in [0.25, 0.3) is 0 Å². The molecule has 2 heteroatoms. The van der Waals surface area contributed by atoms with Crippen LogP contribution in [-0.2, 0) is 5.41 Å². The van der Waals surface area contributed by atoms with Gasteiger partial charge >= 0.3 is 0 Å². The highest BCUT2D eigenvalue weighted by Crippen LogP contribution is 2.57. The van der Waals surface area contributed by atoms with Gasteiger partial charge in [-0.25, -0.2) is 0 Å². The van der Waals surface area contributed by atoms with E-state index in [1.54, 1.807) is 0 Å². The van der Waals surface area contributed by atoms with Crippen molar-refractivity contribution in [3.63, 3.8) is 0 Å². The third kappa shape index (κ3) is 6.57. The van der Waals surface area contributed by atoms with Gasteiger partial charge in [-0.3, -0.25) is 0 Å². The van der Waals surface area contributed by atoms with E-state index in [9.17, 15) is 0 Å². The lowest BCUT2D eigenvalue weighted by atomic mass is 9.67. The molecular weight excluding hydrogens is 859 g/mol.